The van der Waals surface area contributed by atoms with Crippen molar-refractivity contribution in [3.05, 3.63) is 282 Å². The first-order chi connectivity index (χ1) is 31.8. The van der Waals surface area contributed by atoms with Crippen LogP contribution in [0.25, 0.3) is 44.2 Å². The molecule has 0 radical (unpaired) electrons. The van der Waals surface area contributed by atoms with Crippen LogP contribution in [0.1, 0.15) is 45.4 Å². The molecule has 0 bridgehead atoms. The molecule has 0 spiro atoms. The number of nitrogens with zero attached hydrogens (tertiary/aromatic N) is 1. The first-order valence-electron chi connectivity index (χ1n) is 22.5. The number of fused-ring (bicyclic) bond motifs is 8. The van der Waals surface area contributed by atoms with E-state index in [0.29, 0.717) is 0 Å². The van der Waals surface area contributed by atoms with Crippen molar-refractivity contribution >= 4 is 39.0 Å². The topological polar surface area (TPSA) is 16.4 Å². The molecule has 10 aromatic rings. The molecule has 3 atom stereocenters. The maximum atomic E-state index is 6.45. The van der Waals surface area contributed by atoms with Gasteiger partial charge in [0.15, 0.2) is 0 Å². The number of para-hydroxylation sites is 3. The Kier molecular flexibility index (Phi) is 8.20. The lowest BCUT2D eigenvalue weighted by Gasteiger charge is -2.52. The zero-order valence-corrected chi connectivity index (χ0v) is 35.2. The second-order valence-electron chi connectivity index (χ2n) is 17.4. The van der Waals surface area contributed by atoms with Crippen molar-refractivity contribution in [2.45, 2.75) is 17.3 Å². The number of rotatable bonds is 7. The molecular formula is C62H43NO. The Morgan fingerprint density at radius 1 is 0.422 bits per heavy atom. The first-order valence-corrected chi connectivity index (χ1v) is 22.5. The van der Waals surface area contributed by atoms with Crippen molar-refractivity contribution in [2.24, 2.45) is 5.92 Å². The summed E-state index contributed by atoms with van der Waals surface area (Å²) in [5.74, 6) is 0.183. The highest BCUT2D eigenvalue weighted by molar-refractivity contribution is 6.09. The van der Waals surface area contributed by atoms with Crippen LogP contribution in [-0.2, 0) is 10.8 Å². The van der Waals surface area contributed by atoms with Gasteiger partial charge in [0.25, 0.3) is 0 Å². The fourth-order valence-electron chi connectivity index (χ4n) is 11.9. The summed E-state index contributed by atoms with van der Waals surface area (Å²) in [6.45, 7) is 0. The van der Waals surface area contributed by atoms with E-state index in [1.54, 1.807) is 0 Å². The van der Waals surface area contributed by atoms with Crippen LogP contribution in [0.3, 0.4) is 0 Å². The van der Waals surface area contributed by atoms with E-state index in [0.717, 1.165) is 56.5 Å². The molecule has 3 aliphatic rings. The van der Waals surface area contributed by atoms with Gasteiger partial charge in [-0.15, -0.1) is 0 Å². The van der Waals surface area contributed by atoms with Crippen LogP contribution in [0, 0.1) is 5.92 Å². The van der Waals surface area contributed by atoms with Gasteiger partial charge >= 0.3 is 0 Å². The standard InChI is InChI=1S/C62H43NO/c1-4-18-43(19-5-1)61(55-30-13-14-31-56(55)62(44-20-6-2-7-21-44)54-29-12-10-24-50(54)52-27-17-32-57(61)59(52)62)45-36-40-48(41-37-45)63(46-22-8-3-9-23-46)47-38-34-42(35-39-47)49-26-16-28-53-51-25-11-15-33-58(51)64-60(49)53/h1-18,20-41,43H,19H2. The van der Waals surface area contributed by atoms with E-state index in [2.05, 4.69) is 235 Å². The van der Waals surface area contributed by atoms with Crippen LogP contribution in [0.15, 0.2) is 247 Å². The Labute approximate surface area is 373 Å². The van der Waals surface area contributed by atoms with Crippen molar-refractivity contribution in [3.8, 4) is 22.3 Å². The Balaban J connectivity index is 0.991. The molecule has 302 valence electrons. The third-order valence-electron chi connectivity index (χ3n) is 14.4. The van der Waals surface area contributed by atoms with Crippen LogP contribution < -0.4 is 4.90 Å². The van der Waals surface area contributed by atoms with Crippen LogP contribution >= 0.6 is 0 Å². The molecule has 0 fully saturated rings. The largest absolute Gasteiger partial charge is 0.455 e. The molecule has 64 heavy (non-hydrogen) atoms. The van der Waals surface area contributed by atoms with E-state index in [1.807, 2.05) is 12.1 Å². The van der Waals surface area contributed by atoms with Gasteiger partial charge in [0.05, 0.1) is 10.8 Å². The minimum atomic E-state index is -0.473. The smallest absolute Gasteiger partial charge is 0.143 e. The van der Waals surface area contributed by atoms with Gasteiger partial charge in [-0.1, -0.05) is 200 Å². The highest BCUT2D eigenvalue weighted by Crippen LogP contribution is 2.66. The average Bonchev–Trinajstić information content (AvgIpc) is 3.91. The summed E-state index contributed by atoms with van der Waals surface area (Å²) < 4.78 is 6.45. The Morgan fingerprint density at radius 3 is 1.80 bits per heavy atom. The van der Waals surface area contributed by atoms with Crippen molar-refractivity contribution in [3.63, 3.8) is 0 Å². The molecule has 2 heteroatoms. The fraction of sp³-hybridized carbons (Fsp3) is 0.0645. The van der Waals surface area contributed by atoms with Gasteiger partial charge in [0, 0.05) is 33.4 Å². The molecule has 3 unspecified atom stereocenters. The lowest BCUT2D eigenvalue weighted by atomic mass is 9.49. The van der Waals surface area contributed by atoms with E-state index in [9.17, 15) is 0 Å². The molecule has 0 N–H and O–H groups in total. The molecule has 0 amide bonds. The summed E-state index contributed by atoms with van der Waals surface area (Å²) in [7, 11) is 0. The number of hydrogen-bond donors (Lipinski definition) is 0. The quantitative estimate of drug-likeness (QED) is 0.159. The zero-order chi connectivity index (χ0) is 42.2. The number of hydrogen-bond acceptors (Lipinski definition) is 2. The zero-order valence-electron chi connectivity index (χ0n) is 35.2. The lowest BCUT2D eigenvalue weighted by Crippen LogP contribution is -2.47. The van der Waals surface area contributed by atoms with E-state index < -0.39 is 10.8 Å². The van der Waals surface area contributed by atoms with Gasteiger partial charge in [-0.2, -0.15) is 0 Å². The van der Waals surface area contributed by atoms with Crippen LogP contribution in [0.5, 0.6) is 0 Å². The molecule has 1 heterocycles. The Hall–Kier alpha value is -7.94. The van der Waals surface area contributed by atoms with E-state index in [-0.39, 0.29) is 5.92 Å². The molecule has 9 aromatic carbocycles. The lowest BCUT2D eigenvalue weighted by molar-refractivity contribution is 0.424. The maximum Gasteiger partial charge on any atom is 0.143 e. The van der Waals surface area contributed by atoms with Gasteiger partial charge in [-0.3, -0.25) is 0 Å². The Bertz CT molecular complexity index is 3470. The number of anilines is 3. The second kappa shape index (κ2) is 14.3. The summed E-state index contributed by atoms with van der Waals surface area (Å²) in [6.07, 6.45) is 10.2. The average molecular weight is 818 g/mol. The first kappa shape index (κ1) is 36.7. The predicted octanol–water partition coefficient (Wildman–Crippen LogP) is 15.9. The van der Waals surface area contributed by atoms with Gasteiger partial charge < -0.3 is 9.32 Å². The highest BCUT2D eigenvalue weighted by atomic mass is 16.3. The van der Waals surface area contributed by atoms with Crippen molar-refractivity contribution < 1.29 is 4.42 Å². The SMILES string of the molecule is C1=CCC(C2(c3ccc(N(c4ccccc4)c4ccc(-c5cccc6c5oc5ccccc56)cc4)cc3)c3ccccc3C3(c4ccccc4)c4ccccc4-c4cccc2c43)C=C1. The summed E-state index contributed by atoms with van der Waals surface area (Å²) in [4.78, 5) is 2.37. The molecule has 0 saturated carbocycles. The summed E-state index contributed by atoms with van der Waals surface area (Å²) >= 11 is 0. The Morgan fingerprint density at radius 2 is 1.02 bits per heavy atom. The summed E-state index contributed by atoms with van der Waals surface area (Å²) in [6, 6.07) is 80.8. The molecule has 2 nitrogen and oxygen atoms in total. The monoisotopic (exact) mass is 817 g/mol. The fourth-order valence-corrected chi connectivity index (χ4v) is 11.9. The molecule has 3 aliphatic carbocycles. The predicted molar refractivity (Wildman–Crippen MR) is 264 cm³/mol. The minimum Gasteiger partial charge on any atom is -0.455 e. The number of allylic oxidation sites excluding steroid dienone is 4. The molecule has 0 saturated heterocycles. The van der Waals surface area contributed by atoms with Gasteiger partial charge in [0.1, 0.15) is 11.2 Å². The number of benzene rings is 9. The third-order valence-corrected chi connectivity index (χ3v) is 14.4. The van der Waals surface area contributed by atoms with Crippen LogP contribution in [-0.4, -0.2) is 0 Å². The van der Waals surface area contributed by atoms with E-state index >= 15 is 0 Å². The minimum absolute atomic E-state index is 0.183. The van der Waals surface area contributed by atoms with Crippen LogP contribution in [0.2, 0.25) is 0 Å². The summed E-state index contributed by atoms with van der Waals surface area (Å²) in [5.41, 5.74) is 18.5. The molecule has 0 aliphatic heterocycles. The number of furan rings is 1. The van der Waals surface area contributed by atoms with Gasteiger partial charge in [-0.05, 0) is 110 Å². The van der Waals surface area contributed by atoms with E-state index in [1.165, 1.54) is 50.1 Å². The second-order valence-corrected chi connectivity index (χ2v) is 17.4. The maximum absolute atomic E-state index is 6.45. The van der Waals surface area contributed by atoms with Crippen molar-refractivity contribution in [2.75, 3.05) is 4.90 Å². The third kappa shape index (κ3) is 5.08. The van der Waals surface area contributed by atoms with Crippen LogP contribution in [0.4, 0.5) is 17.1 Å². The van der Waals surface area contributed by atoms with Gasteiger partial charge in [-0.25, -0.2) is 0 Å². The van der Waals surface area contributed by atoms with Gasteiger partial charge in [0.2, 0.25) is 0 Å². The normalized spacial score (nSPS) is 19.0. The highest BCUT2D eigenvalue weighted by Gasteiger charge is 2.58. The molecule has 13 rings (SSSR count). The molecular weight excluding hydrogens is 775 g/mol. The van der Waals surface area contributed by atoms with Crippen molar-refractivity contribution in [1.29, 1.82) is 0 Å². The van der Waals surface area contributed by atoms with E-state index in [4.69, 9.17) is 4.42 Å². The molecule has 1 aromatic heterocycles. The summed E-state index contributed by atoms with van der Waals surface area (Å²) in [5, 5.41) is 2.28. The van der Waals surface area contributed by atoms with Crippen molar-refractivity contribution in [1.82, 2.24) is 0 Å².